The van der Waals surface area contributed by atoms with Gasteiger partial charge in [-0.15, -0.1) is 11.3 Å². The number of hydrogen-bond donors (Lipinski definition) is 0. The van der Waals surface area contributed by atoms with Crippen LogP contribution in [0.1, 0.15) is 5.56 Å². The van der Waals surface area contributed by atoms with E-state index in [1.807, 2.05) is 23.6 Å². The van der Waals surface area contributed by atoms with E-state index in [2.05, 4.69) is 10.1 Å². The molecular weight excluding hydrogens is 353 g/mol. The first-order valence-corrected chi connectivity index (χ1v) is 8.70. The van der Waals surface area contributed by atoms with Crippen molar-refractivity contribution >= 4 is 17.6 Å². The molecular formula is C19H18FN3O2S. The van der Waals surface area contributed by atoms with Gasteiger partial charge >= 0.3 is 0 Å². The van der Waals surface area contributed by atoms with Crippen LogP contribution in [0.5, 0.6) is 11.5 Å². The molecule has 0 aliphatic carbocycles. The SMILES string of the molecule is CN=c1scc(-c2cc(OC)ccc2OC)n1N=Cc1ccc(F)cc1. The van der Waals surface area contributed by atoms with Crippen LogP contribution in [-0.2, 0) is 0 Å². The molecule has 3 rings (SSSR count). The molecule has 0 spiro atoms. The van der Waals surface area contributed by atoms with E-state index in [-0.39, 0.29) is 5.82 Å². The highest BCUT2D eigenvalue weighted by molar-refractivity contribution is 7.07. The molecule has 134 valence electrons. The van der Waals surface area contributed by atoms with Crippen molar-refractivity contribution in [3.05, 3.63) is 64.0 Å². The zero-order valence-electron chi connectivity index (χ0n) is 14.6. The highest BCUT2D eigenvalue weighted by Gasteiger charge is 2.13. The van der Waals surface area contributed by atoms with Gasteiger partial charge in [-0.05, 0) is 35.9 Å². The summed E-state index contributed by atoms with van der Waals surface area (Å²) in [6.07, 6.45) is 1.66. The van der Waals surface area contributed by atoms with Gasteiger partial charge in [0, 0.05) is 18.0 Å². The van der Waals surface area contributed by atoms with Crippen molar-refractivity contribution in [2.24, 2.45) is 10.1 Å². The lowest BCUT2D eigenvalue weighted by Crippen LogP contribution is -2.11. The van der Waals surface area contributed by atoms with Crippen molar-refractivity contribution in [3.63, 3.8) is 0 Å². The number of benzene rings is 2. The maximum atomic E-state index is 13.1. The molecule has 1 heterocycles. The number of aromatic nitrogens is 1. The van der Waals surface area contributed by atoms with Crippen LogP contribution in [-0.4, -0.2) is 32.2 Å². The largest absolute Gasteiger partial charge is 0.497 e. The molecule has 3 aromatic rings. The molecule has 0 bridgehead atoms. The molecule has 26 heavy (non-hydrogen) atoms. The van der Waals surface area contributed by atoms with Crippen molar-refractivity contribution in [2.75, 3.05) is 21.3 Å². The van der Waals surface area contributed by atoms with Crippen LogP contribution < -0.4 is 14.3 Å². The Morgan fingerprint density at radius 1 is 1.08 bits per heavy atom. The van der Waals surface area contributed by atoms with Gasteiger partial charge in [0.2, 0.25) is 4.80 Å². The third-order valence-electron chi connectivity index (χ3n) is 3.75. The van der Waals surface area contributed by atoms with Crippen molar-refractivity contribution in [1.29, 1.82) is 0 Å². The molecule has 0 fully saturated rings. The maximum absolute atomic E-state index is 13.1. The first-order valence-electron chi connectivity index (χ1n) is 7.82. The van der Waals surface area contributed by atoms with Crippen LogP contribution in [0, 0.1) is 5.82 Å². The fraction of sp³-hybridized carbons (Fsp3) is 0.158. The van der Waals surface area contributed by atoms with Gasteiger partial charge in [-0.25, -0.2) is 9.07 Å². The fourth-order valence-corrected chi connectivity index (χ4v) is 3.23. The lowest BCUT2D eigenvalue weighted by atomic mass is 10.1. The number of nitrogens with zero attached hydrogens (tertiary/aromatic N) is 3. The smallest absolute Gasteiger partial charge is 0.205 e. The van der Waals surface area contributed by atoms with Gasteiger partial charge in [-0.2, -0.15) is 5.10 Å². The maximum Gasteiger partial charge on any atom is 0.205 e. The van der Waals surface area contributed by atoms with Crippen molar-refractivity contribution in [1.82, 2.24) is 4.68 Å². The quantitative estimate of drug-likeness (QED) is 0.641. The van der Waals surface area contributed by atoms with Gasteiger partial charge in [-0.1, -0.05) is 12.1 Å². The number of rotatable bonds is 5. The molecule has 0 saturated heterocycles. The van der Waals surface area contributed by atoms with Crippen molar-refractivity contribution in [2.45, 2.75) is 0 Å². The number of ether oxygens (including phenoxy) is 2. The Bertz CT molecular complexity index is 991. The number of hydrogen-bond acceptors (Lipinski definition) is 5. The molecule has 0 aliphatic heterocycles. The first-order chi connectivity index (χ1) is 12.7. The summed E-state index contributed by atoms with van der Waals surface area (Å²) < 4.78 is 25.6. The van der Waals surface area contributed by atoms with E-state index in [0.717, 1.165) is 27.4 Å². The van der Waals surface area contributed by atoms with Crippen LogP contribution in [0.3, 0.4) is 0 Å². The summed E-state index contributed by atoms with van der Waals surface area (Å²) in [7, 11) is 4.95. The molecule has 0 radical (unpaired) electrons. The molecule has 0 amide bonds. The average Bonchev–Trinajstić information content (AvgIpc) is 3.09. The standard InChI is InChI=1S/C19H18FN3O2S/c1-21-19-23(22-11-13-4-6-14(20)7-5-13)17(12-26-19)16-10-15(24-2)8-9-18(16)25-3/h4-12H,1-3H3. The number of thiazole rings is 1. The molecule has 0 saturated carbocycles. The van der Waals surface area contributed by atoms with E-state index < -0.39 is 0 Å². The van der Waals surface area contributed by atoms with Crippen molar-refractivity contribution in [3.8, 4) is 22.8 Å². The Hall–Kier alpha value is -2.93. The summed E-state index contributed by atoms with van der Waals surface area (Å²) in [6, 6.07) is 11.7. The molecule has 0 aliphatic rings. The van der Waals surface area contributed by atoms with Gasteiger partial charge < -0.3 is 9.47 Å². The lowest BCUT2D eigenvalue weighted by Gasteiger charge is -2.11. The minimum Gasteiger partial charge on any atom is -0.497 e. The van der Waals surface area contributed by atoms with Crippen LogP contribution >= 0.6 is 11.3 Å². The second-order valence-corrected chi connectivity index (χ2v) is 6.14. The first kappa shape index (κ1) is 17.9. The molecule has 1 aromatic heterocycles. The second-order valence-electron chi connectivity index (χ2n) is 5.30. The predicted molar refractivity (Wildman–Crippen MR) is 102 cm³/mol. The highest BCUT2D eigenvalue weighted by atomic mass is 32.1. The zero-order valence-corrected chi connectivity index (χ0v) is 15.5. The summed E-state index contributed by atoms with van der Waals surface area (Å²) >= 11 is 1.47. The summed E-state index contributed by atoms with van der Waals surface area (Å²) in [6.45, 7) is 0. The number of halogens is 1. The lowest BCUT2D eigenvalue weighted by molar-refractivity contribution is 0.404. The van der Waals surface area contributed by atoms with E-state index in [9.17, 15) is 4.39 Å². The van der Waals surface area contributed by atoms with E-state index in [1.54, 1.807) is 44.3 Å². The Morgan fingerprint density at radius 3 is 2.50 bits per heavy atom. The van der Waals surface area contributed by atoms with Crippen LogP contribution in [0.4, 0.5) is 4.39 Å². The van der Waals surface area contributed by atoms with Gasteiger partial charge in [-0.3, -0.25) is 4.99 Å². The van der Waals surface area contributed by atoms with Crippen LogP contribution in [0.2, 0.25) is 0 Å². The van der Waals surface area contributed by atoms with Gasteiger partial charge in [0.05, 0.1) is 26.1 Å². The highest BCUT2D eigenvalue weighted by Crippen LogP contribution is 2.33. The van der Waals surface area contributed by atoms with E-state index >= 15 is 0 Å². The Morgan fingerprint density at radius 2 is 1.85 bits per heavy atom. The van der Waals surface area contributed by atoms with E-state index in [4.69, 9.17) is 9.47 Å². The van der Waals surface area contributed by atoms with E-state index in [0.29, 0.717) is 5.75 Å². The number of methoxy groups -OCH3 is 2. The molecule has 0 N–H and O–H groups in total. The Balaban J connectivity index is 2.10. The third kappa shape index (κ3) is 3.67. The van der Waals surface area contributed by atoms with Gasteiger partial charge in [0.1, 0.15) is 17.3 Å². The normalized spacial score (nSPS) is 11.9. The molecule has 0 unspecified atom stereocenters. The molecule has 0 atom stereocenters. The Kier molecular flexibility index (Phi) is 5.48. The summed E-state index contributed by atoms with van der Waals surface area (Å²) in [5.74, 6) is 1.14. The van der Waals surface area contributed by atoms with Gasteiger partial charge in [0.25, 0.3) is 0 Å². The molecule has 2 aromatic carbocycles. The third-order valence-corrected chi connectivity index (χ3v) is 4.66. The topological polar surface area (TPSA) is 48.1 Å². The molecule has 7 heteroatoms. The van der Waals surface area contributed by atoms with Gasteiger partial charge in [0.15, 0.2) is 0 Å². The second kappa shape index (κ2) is 7.97. The minimum atomic E-state index is -0.281. The summed E-state index contributed by atoms with van der Waals surface area (Å²) in [5.41, 5.74) is 2.45. The Labute approximate surface area is 154 Å². The summed E-state index contributed by atoms with van der Waals surface area (Å²) in [5, 5.41) is 6.49. The minimum absolute atomic E-state index is 0.281. The molecule has 5 nitrogen and oxygen atoms in total. The average molecular weight is 371 g/mol. The summed E-state index contributed by atoms with van der Waals surface area (Å²) in [4.78, 5) is 5.00. The monoisotopic (exact) mass is 371 g/mol. The van der Waals surface area contributed by atoms with Crippen LogP contribution in [0.15, 0.2) is 57.9 Å². The predicted octanol–water partition coefficient (Wildman–Crippen LogP) is 3.79. The van der Waals surface area contributed by atoms with Crippen LogP contribution in [0.25, 0.3) is 11.3 Å². The van der Waals surface area contributed by atoms with E-state index in [1.165, 1.54) is 23.5 Å². The van der Waals surface area contributed by atoms with Crippen molar-refractivity contribution < 1.29 is 13.9 Å². The fourth-order valence-electron chi connectivity index (χ4n) is 2.44. The zero-order chi connectivity index (χ0) is 18.5.